The average molecular weight is 302 g/mol. The van der Waals surface area contributed by atoms with Gasteiger partial charge in [-0.05, 0) is 31.6 Å². The number of amides is 1. The summed E-state index contributed by atoms with van der Waals surface area (Å²) in [5, 5.41) is 0. The Morgan fingerprint density at radius 3 is 2.50 bits per heavy atom. The number of aryl methyl sites for hydroxylation is 2. The number of aromatic nitrogens is 1. The van der Waals surface area contributed by atoms with Crippen LogP contribution in [0.5, 0.6) is 0 Å². The predicted molar refractivity (Wildman–Crippen MR) is 87.1 cm³/mol. The van der Waals surface area contributed by atoms with Crippen LogP contribution in [0.1, 0.15) is 61.0 Å². The summed E-state index contributed by atoms with van der Waals surface area (Å²) in [7, 11) is 1.88. The van der Waals surface area contributed by atoms with Gasteiger partial charge >= 0.3 is 0 Å². The Morgan fingerprint density at radius 1 is 1.14 bits per heavy atom. The molecule has 0 aromatic carbocycles. The van der Waals surface area contributed by atoms with E-state index in [9.17, 15) is 9.59 Å². The Morgan fingerprint density at radius 2 is 1.82 bits per heavy atom. The van der Waals surface area contributed by atoms with Gasteiger partial charge in [-0.2, -0.15) is 0 Å². The molecule has 4 nitrogen and oxygen atoms in total. The molecule has 0 bridgehead atoms. The minimum Gasteiger partial charge on any atom is -0.354 e. The molecule has 0 unspecified atom stereocenters. The summed E-state index contributed by atoms with van der Waals surface area (Å²) in [6.45, 7) is 3.52. The van der Waals surface area contributed by atoms with Crippen molar-refractivity contribution in [2.24, 2.45) is 12.5 Å². The fraction of sp³-hybridized carbons (Fsp3) is 0.667. The van der Waals surface area contributed by atoms with Crippen LogP contribution in [0.2, 0.25) is 0 Å². The molecule has 0 N–H and O–H groups in total. The van der Waals surface area contributed by atoms with Gasteiger partial charge < -0.3 is 9.47 Å². The number of hydrogen-bond acceptors (Lipinski definition) is 2. The van der Waals surface area contributed by atoms with Crippen molar-refractivity contribution in [1.82, 2.24) is 9.47 Å². The maximum absolute atomic E-state index is 12.8. The van der Waals surface area contributed by atoms with Gasteiger partial charge in [0.2, 0.25) is 0 Å². The molecule has 1 aliphatic carbocycles. The van der Waals surface area contributed by atoms with Crippen LogP contribution in [0.4, 0.5) is 0 Å². The quantitative estimate of drug-likeness (QED) is 0.800. The van der Waals surface area contributed by atoms with E-state index in [-0.39, 0.29) is 11.3 Å². The van der Waals surface area contributed by atoms with Gasteiger partial charge in [0, 0.05) is 38.1 Å². The molecule has 2 aliphatic rings. The van der Waals surface area contributed by atoms with Gasteiger partial charge in [0.15, 0.2) is 5.43 Å². The second kappa shape index (κ2) is 5.90. The van der Waals surface area contributed by atoms with Crippen LogP contribution in [-0.2, 0) is 7.05 Å². The zero-order valence-corrected chi connectivity index (χ0v) is 13.7. The molecule has 120 valence electrons. The highest BCUT2D eigenvalue weighted by Crippen LogP contribution is 2.42. The van der Waals surface area contributed by atoms with Crippen molar-refractivity contribution >= 4 is 5.91 Å². The summed E-state index contributed by atoms with van der Waals surface area (Å²) < 4.78 is 1.85. The molecule has 2 fully saturated rings. The molecular weight excluding hydrogens is 276 g/mol. The van der Waals surface area contributed by atoms with Gasteiger partial charge in [0.05, 0.1) is 0 Å². The van der Waals surface area contributed by atoms with Crippen molar-refractivity contribution < 1.29 is 4.79 Å². The van der Waals surface area contributed by atoms with Crippen LogP contribution in [0.25, 0.3) is 0 Å². The topological polar surface area (TPSA) is 42.3 Å². The van der Waals surface area contributed by atoms with E-state index in [1.807, 2.05) is 23.4 Å². The van der Waals surface area contributed by atoms with Crippen molar-refractivity contribution in [3.8, 4) is 0 Å². The van der Waals surface area contributed by atoms with Crippen molar-refractivity contribution in [2.45, 2.75) is 51.9 Å². The molecule has 1 aromatic heterocycles. The molecule has 22 heavy (non-hydrogen) atoms. The van der Waals surface area contributed by atoms with E-state index < -0.39 is 0 Å². The van der Waals surface area contributed by atoms with Crippen LogP contribution >= 0.6 is 0 Å². The maximum Gasteiger partial charge on any atom is 0.259 e. The van der Waals surface area contributed by atoms with E-state index in [2.05, 4.69) is 0 Å². The molecule has 2 heterocycles. The largest absolute Gasteiger partial charge is 0.354 e. The number of carbonyl (C=O) groups is 1. The number of nitrogens with zero attached hydrogens (tertiary/aromatic N) is 2. The van der Waals surface area contributed by atoms with Crippen LogP contribution in [0.3, 0.4) is 0 Å². The number of carbonyl (C=O) groups excluding carboxylic acids is 1. The van der Waals surface area contributed by atoms with Gasteiger partial charge in [-0.1, -0.05) is 25.7 Å². The monoisotopic (exact) mass is 302 g/mol. The lowest BCUT2D eigenvalue weighted by Gasteiger charge is -2.27. The third kappa shape index (κ3) is 2.83. The minimum absolute atomic E-state index is 0.0817. The van der Waals surface area contributed by atoms with Gasteiger partial charge in [0.1, 0.15) is 5.56 Å². The molecular formula is C18H26N2O2. The van der Waals surface area contributed by atoms with Crippen molar-refractivity contribution in [1.29, 1.82) is 0 Å². The van der Waals surface area contributed by atoms with E-state index in [0.717, 1.165) is 25.2 Å². The van der Waals surface area contributed by atoms with Gasteiger partial charge in [-0.3, -0.25) is 9.59 Å². The Hall–Kier alpha value is -1.58. The molecule has 4 heteroatoms. The summed E-state index contributed by atoms with van der Waals surface area (Å²) in [5.41, 5.74) is 1.37. The lowest BCUT2D eigenvalue weighted by Crippen LogP contribution is -2.35. The molecule has 1 aromatic rings. The number of rotatable bonds is 1. The van der Waals surface area contributed by atoms with E-state index in [1.54, 1.807) is 12.3 Å². The molecule has 1 aliphatic heterocycles. The third-order valence-electron chi connectivity index (χ3n) is 5.60. The Bertz CT molecular complexity index is 624. The van der Waals surface area contributed by atoms with Gasteiger partial charge in [-0.25, -0.2) is 0 Å². The highest BCUT2D eigenvalue weighted by atomic mass is 16.2. The molecule has 3 rings (SSSR count). The van der Waals surface area contributed by atoms with Crippen LogP contribution in [0.15, 0.2) is 17.1 Å². The predicted octanol–water partition coefficient (Wildman–Crippen LogP) is 2.88. The Kier molecular flexibility index (Phi) is 4.11. The molecule has 1 saturated carbocycles. The first kappa shape index (κ1) is 15.3. The first-order valence-electron chi connectivity index (χ1n) is 8.47. The molecule has 0 radical (unpaired) electrons. The molecule has 1 spiro atoms. The third-order valence-corrected chi connectivity index (χ3v) is 5.60. The van der Waals surface area contributed by atoms with Crippen LogP contribution < -0.4 is 5.43 Å². The van der Waals surface area contributed by atoms with Crippen molar-refractivity contribution in [3.63, 3.8) is 0 Å². The van der Waals surface area contributed by atoms with E-state index in [4.69, 9.17) is 0 Å². The minimum atomic E-state index is -0.151. The second-order valence-corrected chi connectivity index (χ2v) is 7.19. The SMILES string of the molecule is Cc1cc(=O)c(C(=O)N2CCC3(CCCCCC3)C2)cn1C. The van der Waals surface area contributed by atoms with Gasteiger partial charge in [0.25, 0.3) is 5.91 Å². The standard InChI is InChI=1S/C18H26N2O2/c1-14-11-16(21)15(12-19(14)2)17(22)20-10-9-18(13-20)7-5-3-4-6-8-18/h11-12H,3-10,13H2,1-2H3. The fourth-order valence-electron chi connectivity index (χ4n) is 4.05. The van der Waals surface area contributed by atoms with E-state index in [0.29, 0.717) is 11.0 Å². The molecule has 0 atom stereocenters. The van der Waals surface area contributed by atoms with Gasteiger partial charge in [-0.15, -0.1) is 0 Å². The van der Waals surface area contributed by atoms with Crippen LogP contribution in [-0.4, -0.2) is 28.5 Å². The summed E-state index contributed by atoms with van der Waals surface area (Å²) in [4.78, 5) is 26.8. The number of hydrogen-bond donors (Lipinski definition) is 0. The number of likely N-dealkylation sites (tertiary alicyclic amines) is 1. The highest BCUT2D eigenvalue weighted by Gasteiger charge is 2.40. The van der Waals surface area contributed by atoms with Crippen molar-refractivity contribution in [3.05, 3.63) is 33.7 Å². The Labute approximate surface area is 132 Å². The zero-order valence-electron chi connectivity index (χ0n) is 13.7. The van der Waals surface area contributed by atoms with Crippen molar-refractivity contribution in [2.75, 3.05) is 13.1 Å². The summed E-state index contributed by atoms with van der Waals surface area (Å²) in [6, 6.07) is 1.56. The Balaban J connectivity index is 1.79. The smallest absolute Gasteiger partial charge is 0.259 e. The highest BCUT2D eigenvalue weighted by molar-refractivity contribution is 5.94. The second-order valence-electron chi connectivity index (χ2n) is 7.19. The van der Waals surface area contributed by atoms with Crippen LogP contribution in [0, 0.1) is 12.3 Å². The summed E-state index contributed by atoms with van der Waals surface area (Å²) in [5.74, 6) is -0.0817. The van der Waals surface area contributed by atoms with E-state index in [1.165, 1.54) is 38.5 Å². The molecule has 1 amide bonds. The number of pyridine rings is 1. The zero-order chi connectivity index (χ0) is 15.7. The molecule has 1 saturated heterocycles. The average Bonchev–Trinajstić information content (AvgIpc) is 2.76. The first-order chi connectivity index (χ1) is 10.5. The van der Waals surface area contributed by atoms with E-state index >= 15 is 0 Å². The maximum atomic E-state index is 12.8. The first-order valence-corrected chi connectivity index (χ1v) is 8.47. The summed E-state index contributed by atoms with van der Waals surface area (Å²) >= 11 is 0. The summed E-state index contributed by atoms with van der Waals surface area (Å²) in [6.07, 6.45) is 10.5. The normalized spacial score (nSPS) is 21.1. The lowest BCUT2D eigenvalue weighted by molar-refractivity contribution is 0.0765. The fourth-order valence-corrected chi connectivity index (χ4v) is 4.05. The lowest BCUT2D eigenvalue weighted by atomic mass is 9.80.